The fourth-order valence-electron chi connectivity index (χ4n) is 3.18. The fourth-order valence-corrected chi connectivity index (χ4v) is 3.41. The second-order valence-corrected chi connectivity index (χ2v) is 7.52. The van der Waals surface area contributed by atoms with Gasteiger partial charge in [0.05, 0.1) is 12.1 Å². The van der Waals surface area contributed by atoms with Crippen LogP contribution in [0.25, 0.3) is 0 Å². The highest BCUT2D eigenvalue weighted by atomic mass is 35.5. The monoisotopic (exact) mass is 454 g/mol. The maximum absolute atomic E-state index is 12.9. The number of carbonyl (C=O) groups is 2. The summed E-state index contributed by atoms with van der Waals surface area (Å²) in [6, 6.07) is 2.58. The Hall–Kier alpha value is -2.85. The highest BCUT2D eigenvalue weighted by Gasteiger charge is 2.35. The lowest BCUT2D eigenvalue weighted by atomic mass is 10.1. The van der Waals surface area contributed by atoms with Crippen LogP contribution in [0.3, 0.4) is 0 Å². The zero-order valence-electron chi connectivity index (χ0n) is 16.8. The Morgan fingerprint density at radius 2 is 2.13 bits per heavy atom. The van der Waals surface area contributed by atoms with Crippen molar-refractivity contribution in [1.82, 2.24) is 20.2 Å². The van der Waals surface area contributed by atoms with E-state index >= 15 is 0 Å². The van der Waals surface area contributed by atoms with E-state index in [4.69, 9.17) is 16.3 Å². The summed E-state index contributed by atoms with van der Waals surface area (Å²) in [6.45, 7) is 2.68. The SMILES string of the molecule is CC(c1cnc(OCC(F)F)c(Cl)c1)N1Cc2c(ccnc2C(=O)NC[C@@H](C)O)C1=O. The predicted molar refractivity (Wildman–Crippen MR) is 107 cm³/mol. The summed E-state index contributed by atoms with van der Waals surface area (Å²) in [5.74, 6) is -0.885. The number of alkyl halides is 2. The Morgan fingerprint density at radius 1 is 1.39 bits per heavy atom. The van der Waals surface area contributed by atoms with Crippen LogP contribution in [0.4, 0.5) is 8.78 Å². The molecule has 0 bridgehead atoms. The normalized spacial score (nSPS) is 15.1. The van der Waals surface area contributed by atoms with Crippen molar-refractivity contribution >= 4 is 23.4 Å². The van der Waals surface area contributed by atoms with Gasteiger partial charge in [0.15, 0.2) is 6.61 Å². The number of hydrogen-bond donors (Lipinski definition) is 2. The summed E-state index contributed by atoms with van der Waals surface area (Å²) in [6.07, 6.45) is -0.584. The minimum Gasteiger partial charge on any atom is -0.471 e. The van der Waals surface area contributed by atoms with Crippen LogP contribution >= 0.6 is 11.6 Å². The molecule has 11 heteroatoms. The van der Waals surface area contributed by atoms with Crippen molar-refractivity contribution in [3.8, 4) is 5.88 Å². The van der Waals surface area contributed by atoms with E-state index in [1.807, 2.05) is 0 Å². The van der Waals surface area contributed by atoms with E-state index in [1.54, 1.807) is 19.9 Å². The molecule has 2 atom stereocenters. The number of rotatable bonds is 8. The molecular formula is C20H21ClF2N4O4. The molecule has 0 aliphatic carbocycles. The number of fused-ring (bicyclic) bond motifs is 1. The second kappa shape index (κ2) is 9.52. The van der Waals surface area contributed by atoms with Crippen LogP contribution in [0.15, 0.2) is 24.5 Å². The summed E-state index contributed by atoms with van der Waals surface area (Å²) in [5, 5.41) is 12.0. The molecule has 166 valence electrons. The first-order valence-corrected chi connectivity index (χ1v) is 9.88. The highest BCUT2D eigenvalue weighted by molar-refractivity contribution is 6.31. The van der Waals surface area contributed by atoms with E-state index in [1.165, 1.54) is 23.4 Å². The van der Waals surface area contributed by atoms with Crippen molar-refractivity contribution in [2.75, 3.05) is 13.2 Å². The van der Waals surface area contributed by atoms with Gasteiger partial charge in [-0.2, -0.15) is 0 Å². The van der Waals surface area contributed by atoms with Crippen LogP contribution < -0.4 is 10.1 Å². The van der Waals surface area contributed by atoms with E-state index in [0.29, 0.717) is 16.7 Å². The number of hydrogen-bond acceptors (Lipinski definition) is 6. The summed E-state index contributed by atoms with van der Waals surface area (Å²) in [4.78, 5) is 35.0. The standard InChI is InChI=1S/C20H21ClF2N4O4/c1-10(28)6-25-18(29)17-14-8-27(20(30)13(14)3-4-24-17)11(2)12-5-15(21)19(26-7-12)31-9-16(22)23/h3-5,7,10-11,16,28H,6,8-9H2,1-2H3,(H,25,29)/t10-,11?/m1/s1. The lowest BCUT2D eigenvalue weighted by molar-refractivity contribution is 0.0712. The largest absolute Gasteiger partial charge is 0.471 e. The number of nitrogens with zero attached hydrogens (tertiary/aromatic N) is 3. The first-order valence-electron chi connectivity index (χ1n) is 9.50. The van der Waals surface area contributed by atoms with Crippen LogP contribution in [0, 0.1) is 0 Å². The van der Waals surface area contributed by atoms with Gasteiger partial charge in [-0.3, -0.25) is 14.6 Å². The van der Waals surface area contributed by atoms with E-state index < -0.39 is 31.1 Å². The molecule has 2 aromatic rings. The third-order valence-electron chi connectivity index (χ3n) is 4.77. The number of nitrogens with one attached hydrogen (secondary N) is 1. The van der Waals surface area contributed by atoms with Crippen molar-refractivity contribution in [3.63, 3.8) is 0 Å². The minimum absolute atomic E-state index is 0.0500. The van der Waals surface area contributed by atoms with Crippen molar-refractivity contribution in [3.05, 3.63) is 51.9 Å². The molecule has 0 fully saturated rings. The molecule has 2 amide bonds. The number of ether oxygens (including phenoxy) is 1. The zero-order valence-corrected chi connectivity index (χ0v) is 17.6. The molecule has 8 nitrogen and oxygen atoms in total. The molecular weight excluding hydrogens is 434 g/mol. The van der Waals surface area contributed by atoms with Gasteiger partial charge >= 0.3 is 0 Å². The lowest BCUT2D eigenvalue weighted by Crippen LogP contribution is -2.32. The van der Waals surface area contributed by atoms with Crippen molar-refractivity contribution < 1.29 is 28.2 Å². The molecule has 0 saturated carbocycles. The lowest BCUT2D eigenvalue weighted by Gasteiger charge is -2.24. The van der Waals surface area contributed by atoms with Gasteiger partial charge in [-0.15, -0.1) is 0 Å². The number of carbonyl (C=O) groups excluding carboxylic acids is 2. The van der Waals surface area contributed by atoms with E-state index in [-0.39, 0.29) is 35.6 Å². The molecule has 31 heavy (non-hydrogen) atoms. The molecule has 1 aliphatic rings. The van der Waals surface area contributed by atoms with Gasteiger partial charge in [0, 0.05) is 36.6 Å². The molecule has 2 N–H and O–H groups in total. The van der Waals surface area contributed by atoms with Gasteiger partial charge in [0.2, 0.25) is 5.88 Å². The smallest absolute Gasteiger partial charge is 0.272 e. The predicted octanol–water partition coefficient (Wildman–Crippen LogP) is 2.60. The van der Waals surface area contributed by atoms with Gasteiger partial charge in [-0.1, -0.05) is 11.6 Å². The Bertz CT molecular complexity index is 990. The van der Waals surface area contributed by atoms with Gasteiger partial charge in [0.1, 0.15) is 10.7 Å². The van der Waals surface area contributed by atoms with Gasteiger partial charge in [-0.05, 0) is 31.5 Å². The molecule has 2 aromatic heterocycles. The molecule has 1 aliphatic heterocycles. The average molecular weight is 455 g/mol. The minimum atomic E-state index is -2.65. The van der Waals surface area contributed by atoms with Crippen LogP contribution in [-0.2, 0) is 6.54 Å². The summed E-state index contributed by atoms with van der Waals surface area (Å²) < 4.78 is 29.5. The van der Waals surface area contributed by atoms with Crippen molar-refractivity contribution in [2.24, 2.45) is 0 Å². The number of pyridine rings is 2. The fraction of sp³-hybridized carbons (Fsp3) is 0.400. The Balaban J connectivity index is 1.79. The molecule has 0 saturated heterocycles. The summed E-state index contributed by atoms with van der Waals surface area (Å²) in [5.41, 5.74) is 1.54. The average Bonchev–Trinajstić information content (AvgIpc) is 3.07. The maximum Gasteiger partial charge on any atom is 0.272 e. The van der Waals surface area contributed by atoms with E-state index in [0.717, 1.165) is 0 Å². The van der Waals surface area contributed by atoms with Gasteiger partial charge in [-0.25, -0.2) is 13.8 Å². The zero-order chi connectivity index (χ0) is 22.7. The molecule has 3 rings (SSSR count). The summed E-state index contributed by atoms with van der Waals surface area (Å²) >= 11 is 6.10. The van der Waals surface area contributed by atoms with E-state index in [9.17, 15) is 23.5 Å². The van der Waals surface area contributed by atoms with Crippen LogP contribution in [-0.4, -0.2) is 57.5 Å². The number of amides is 2. The van der Waals surface area contributed by atoms with Crippen LogP contribution in [0.1, 0.15) is 51.9 Å². The van der Waals surface area contributed by atoms with Crippen LogP contribution in [0.2, 0.25) is 5.02 Å². The first-order chi connectivity index (χ1) is 14.7. The molecule has 0 aromatic carbocycles. The quantitative estimate of drug-likeness (QED) is 0.635. The molecule has 0 radical (unpaired) electrons. The first kappa shape index (κ1) is 22.8. The Morgan fingerprint density at radius 3 is 2.77 bits per heavy atom. The molecule has 1 unspecified atom stereocenters. The highest BCUT2D eigenvalue weighted by Crippen LogP contribution is 2.34. The number of aromatic nitrogens is 2. The van der Waals surface area contributed by atoms with Crippen molar-refractivity contribution in [2.45, 2.75) is 39.0 Å². The molecule has 3 heterocycles. The van der Waals surface area contributed by atoms with Crippen LogP contribution in [0.5, 0.6) is 5.88 Å². The number of halogens is 3. The van der Waals surface area contributed by atoms with E-state index in [2.05, 4.69) is 15.3 Å². The second-order valence-electron chi connectivity index (χ2n) is 7.11. The molecule has 0 spiro atoms. The topological polar surface area (TPSA) is 105 Å². The number of aliphatic hydroxyl groups excluding tert-OH is 1. The van der Waals surface area contributed by atoms with Gasteiger partial charge < -0.3 is 20.1 Å². The number of aliphatic hydroxyl groups is 1. The summed E-state index contributed by atoms with van der Waals surface area (Å²) in [7, 11) is 0. The third-order valence-corrected chi connectivity index (χ3v) is 5.04. The van der Waals surface area contributed by atoms with Crippen molar-refractivity contribution in [1.29, 1.82) is 0 Å². The third kappa shape index (κ3) is 5.08. The Labute approximate surface area is 182 Å². The van der Waals surface area contributed by atoms with Gasteiger partial charge in [0.25, 0.3) is 18.2 Å². The maximum atomic E-state index is 12.9. The Kier molecular flexibility index (Phi) is 7.01.